The van der Waals surface area contributed by atoms with Crippen molar-refractivity contribution in [3.63, 3.8) is 0 Å². The second-order valence-corrected chi connectivity index (χ2v) is 7.74. The highest BCUT2D eigenvalue weighted by atomic mass is 32.2. The fraction of sp³-hybridized carbons (Fsp3) is 0.217. The standard InChI is InChI=1S/C23H25N3O2S/c1-3-16-4-9-19(10-5-16)29-20-11-6-17(7-12-20)14-25-23(27)21-13-8-18(15-28-2)26-22(21)24/h4-13H,3,14-15H2,1-2H3,(H2,24,26)(H,25,27). The molecule has 3 rings (SSSR count). The number of nitrogens with one attached hydrogen (secondary N) is 1. The van der Waals surface area contributed by atoms with Crippen LogP contribution in [0.2, 0.25) is 0 Å². The predicted molar refractivity (Wildman–Crippen MR) is 117 cm³/mol. The summed E-state index contributed by atoms with van der Waals surface area (Å²) < 4.78 is 5.03. The Bertz CT molecular complexity index is 957. The maximum absolute atomic E-state index is 12.4. The van der Waals surface area contributed by atoms with E-state index in [9.17, 15) is 4.79 Å². The lowest BCUT2D eigenvalue weighted by molar-refractivity contribution is 0.0951. The molecule has 2 aromatic carbocycles. The van der Waals surface area contributed by atoms with Gasteiger partial charge in [-0.25, -0.2) is 4.98 Å². The number of hydrogen-bond donors (Lipinski definition) is 2. The molecule has 150 valence electrons. The Balaban J connectivity index is 1.56. The molecule has 0 bridgehead atoms. The summed E-state index contributed by atoms with van der Waals surface area (Å²) >= 11 is 1.72. The van der Waals surface area contributed by atoms with E-state index in [0.717, 1.165) is 16.9 Å². The van der Waals surface area contributed by atoms with E-state index in [0.29, 0.717) is 24.4 Å². The first-order chi connectivity index (χ1) is 14.1. The third-order valence-corrected chi connectivity index (χ3v) is 5.48. The van der Waals surface area contributed by atoms with Crippen molar-refractivity contribution in [2.24, 2.45) is 0 Å². The van der Waals surface area contributed by atoms with Crippen LogP contribution in [-0.4, -0.2) is 18.0 Å². The molecule has 0 fully saturated rings. The van der Waals surface area contributed by atoms with E-state index in [4.69, 9.17) is 10.5 Å². The summed E-state index contributed by atoms with van der Waals surface area (Å²) in [5, 5.41) is 2.89. The van der Waals surface area contributed by atoms with E-state index >= 15 is 0 Å². The molecule has 0 saturated heterocycles. The summed E-state index contributed by atoms with van der Waals surface area (Å²) in [4.78, 5) is 19.0. The number of methoxy groups -OCH3 is 1. The van der Waals surface area contributed by atoms with Crippen LogP contribution in [0.4, 0.5) is 5.82 Å². The molecule has 6 heteroatoms. The van der Waals surface area contributed by atoms with E-state index in [1.165, 1.54) is 10.5 Å². The minimum Gasteiger partial charge on any atom is -0.383 e. The van der Waals surface area contributed by atoms with Gasteiger partial charge in [0.1, 0.15) is 5.82 Å². The van der Waals surface area contributed by atoms with Crippen molar-refractivity contribution in [3.8, 4) is 0 Å². The number of hydrogen-bond acceptors (Lipinski definition) is 5. The van der Waals surface area contributed by atoms with Crippen LogP contribution >= 0.6 is 11.8 Å². The minimum absolute atomic E-state index is 0.206. The first-order valence-corrected chi connectivity index (χ1v) is 10.3. The Hall–Kier alpha value is -2.83. The number of aryl methyl sites for hydroxylation is 1. The molecule has 0 aliphatic rings. The second kappa shape index (κ2) is 10.1. The third-order valence-electron chi connectivity index (χ3n) is 4.46. The molecule has 3 aromatic rings. The summed E-state index contributed by atoms with van der Waals surface area (Å²) in [7, 11) is 1.59. The summed E-state index contributed by atoms with van der Waals surface area (Å²) in [5.74, 6) is -0.0358. The minimum atomic E-state index is -0.242. The molecule has 1 heterocycles. The van der Waals surface area contributed by atoms with E-state index in [2.05, 4.69) is 53.6 Å². The molecule has 0 aliphatic carbocycles. The van der Waals surface area contributed by atoms with Gasteiger partial charge in [-0.1, -0.05) is 43.0 Å². The maximum atomic E-state index is 12.4. The SMILES string of the molecule is CCc1ccc(Sc2ccc(CNC(=O)c3ccc(COC)nc3N)cc2)cc1. The van der Waals surface area contributed by atoms with Gasteiger partial charge in [0.2, 0.25) is 0 Å². The van der Waals surface area contributed by atoms with E-state index < -0.39 is 0 Å². The number of nitrogens with two attached hydrogens (primary N) is 1. The number of carbonyl (C=O) groups is 1. The Morgan fingerprint density at radius 1 is 1.00 bits per heavy atom. The lowest BCUT2D eigenvalue weighted by atomic mass is 10.2. The van der Waals surface area contributed by atoms with Crippen molar-refractivity contribution in [2.75, 3.05) is 12.8 Å². The summed E-state index contributed by atoms with van der Waals surface area (Å²) in [6.07, 6.45) is 1.05. The highest BCUT2D eigenvalue weighted by Crippen LogP contribution is 2.28. The molecule has 0 unspecified atom stereocenters. The first kappa shape index (κ1) is 20.9. The molecule has 1 aromatic heterocycles. The average molecular weight is 408 g/mol. The highest BCUT2D eigenvalue weighted by Gasteiger charge is 2.11. The zero-order chi connectivity index (χ0) is 20.6. The van der Waals surface area contributed by atoms with Crippen molar-refractivity contribution in [2.45, 2.75) is 36.3 Å². The number of rotatable bonds is 8. The van der Waals surface area contributed by atoms with Gasteiger partial charge in [-0.05, 0) is 53.9 Å². The number of nitrogens with zero attached hydrogens (tertiary/aromatic N) is 1. The number of amides is 1. The summed E-state index contributed by atoms with van der Waals surface area (Å²) in [5.41, 5.74) is 9.32. The molecule has 29 heavy (non-hydrogen) atoms. The lowest BCUT2D eigenvalue weighted by Gasteiger charge is -2.09. The predicted octanol–water partition coefficient (Wildman–Crippen LogP) is 4.45. The van der Waals surface area contributed by atoms with Gasteiger partial charge in [0, 0.05) is 23.4 Å². The van der Waals surface area contributed by atoms with Crippen LogP contribution in [0.1, 0.15) is 34.1 Å². The number of pyridine rings is 1. The van der Waals surface area contributed by atoms with Crippen LogP contribution in [0.5, 0.6) is 0 Å². The molecule has 1 amide bonds. The van der Waals surface area contributed by atoms with Crippen LogP contribution in [-0.2, 0) is 24.3 Å². The molecule has 0 aliphatic heterocycles. The van der Waals surface area contributed by atoms with Crippen molar-refractivity contribution in [3.05, 3.63) is 83.0 Å². The Labute approximate surface area is 175 Å². The van der Waals surface area contributed by atoms with Crippen molar-refractivity contribution in [1.82, 2.24) is 10.3 Å². The molecule has 0 saturated carbocycles. The number of aromatic nitrogens is 1. The van der Waals surface area contributed by atoms with Gasteiger partial charge in [0.05, 0.1) is 17.9 Å². The molecule has 5 nitrogen and oxygen atoms in total. The second-order valence-electron chi connectivity index (χ2n) is 6.59. The number of anilines is 1. The topological polar surface area (TPSA) is 77.2 Å². The molecule has 3 N–H and O–H groups in total. The Morgan fingerprint density at radius 2 is 1.62 bits per heavy atom. The summed E-state index contributed by atoms with van der Waals surface area (Å²) in [6.45, 7) is 2.94. The molecule has 0 radical (unpaired) electrons. The summed E-state index contributed by atoms with van der Waals surface area (Å²) in [6, 6.07) is 20.2. The molecular formula is C23H25N3O2S. The van der Waals surface area contributed by atoms with Gasteiger partial charge in [0.25, 0.3) is 5.91 Å². The maximum Gasteiger partial charge on any atom is 0.255 e. The number of nitrogen functional groups attached to an aromatic ring is 1. The molecule has 0 atom stereocenters. The molecular weight excluding hydrogens is 382 g/mol. The Morgan fingerprint density at radius 3 is 2.17 bits per heavy atom. The molecule has 0 spiro atoms. The van der Waals surface area contributed by atoms with Crippen LogP contribution < -0.4 is 11.1 Å². The zero-order valence-electron chi connectivity index (χ0n) is 16.6. The van der Waals surface area contributed by atoms with Gasteiger partial charge in [-0.3, -0.25) is 4.79 Å². The van der Waals surface area contributed by atoms with Gasteiger partial charge in [-0.15, -0.1) is 0 Å². The van der Waals surface area contributed by atoms with Crippen LogP contribution in [0.25, 0.3) is 0 Å². The highest BCUT2D eigenvalue weighted by molar-refractivity contribution is 7.99. The van der Waals surface area contributed by atoms with Crippen molar-refractivity contribution in [1.29, 1.82) is 0 Å². The Kier molecular flexibility index (Phi) is 7.27. The van der Waals surface area contributed by atoms with Gasteiger partial charge < -0.3 is 15.8 Å². The largest absolute Gasteiger partial charge is 0.383 e. The van der Waals surface area contributed by atoms with Crippen LogP contribution in [0.15, 0.2) is 70.5 Å². The monoisotopic (exact) mass is 407 g/mol. The fourth-order valence-electron chi connectivity index (χ4n) is 2.82. The van der Waals surface area contributed by atoms with Crippen LogP contribution in [0.3, 0.4) is 0 Å². The van der Waals surface area contributed by atoms with Gasteiger partial charge in [-0.2, -0.15) is 0 Å². The normalized spacial score (nSPS) is 10.7. The third kappa shape index (κ3) is 5.82. The van der Waals surface area contributed by atoms with Crippen molar-refractivity contribution < 1.29 is 9.53 Å². The number of carbonyl (C=O) groups excluding carboxylic acids is 1. The lowest BCUT2D eigenvalue weighted by Crippen LogP contribution is -2.24. The number of benzene rings is 2. The van der Waals surface area contributed by atoms with E-state index in [-0.39, 0.29) is 11.7 Å². The van der Waals surface area contributed by atoms with E-state index in [1.807, 2.05) is 12.1 Å². The quantitative estimate of drug-likeness (QED) is 0.577. The zero-order valence-corrected chi connectivity index (χ0v) is 17.5. The van der Waals surface area contributed by atoms with Gasteiger partial charge >= 0.3 is 0 Å². The van der Waals surface area contributed by atoms with Crippen LogP contribution in [0, 0.1) is 0 Å². The smallest absolute Gasteiger partial charge is 0.255 e. The van der Waals surface area contributed by atoms with Crippen molar-refractivity contribution >= 4 is 23.5 Å². The number of ether oxygens (including phenoxy) is 1. The first-order valence-electron chi connectivity index (χ1n) is 9.47. The van der Waals surface area contributed by atoms with Gasteiger partial charge in [0.15, 0.2) is 0 Å². The fourth-order valence-corrected chi connectivity index (χ4v) is 3.64. The average Bonchev–Trinajstić information content (AvgIpc) is 2.74. The van der Waals surface area contributed by atoms with E-state index in [1.54, 1.807) is 31.0 Å².